The fourth-order valence-corrected chi connectivity index (χ4v) is 3.33. The predicted molar refractivity (Wildman–Crippen MR) is 94.7 cm³/mol. The minimum atomic E-state index is -3.76. The van der Waals surface area contributed by atoms with E-state index in [1.807, 2.05) is 24.3 Å². The van der Waals surface area contributed by atoms with Crippen LogP contribution in [0.25, 0.3) is 0 Å². The van der Waals surface area contributed by atoms with Gasteiger partial charge in [0.1, 0.15) is 10.6 Å². The minimum absolute atomic E-state index is 0.0316. The van der Waals surface area contributed by atoms with Gasteiger partial charge >= 0.3 is 5.97 Å². The van der Waals surface area contributed by atoms with Gasteiger partial charge in [0.15, 0.2) is 0 Å². The minimum Gasteiger partial charge on any atom is -0.497 e. The summed E-state index contributed by atoms with van der Waals surface area (Å²) in [6.07, 6.45) is 0.533. The number of nitrogens with one attached hydrogen (secondary N) is 1. The lowest BCUT2D eigenvalue weighted by atomic mass is 10.1. The largest absolute Gasteiger partial charge is 0.497 e. The quantitative estimate of drug-likeness (QED) is 0.743. The zero-order chi connectivity index (χ0) is 18.4. The third-order valence-electron chi connectivity index (χ3n) is 3.51. The van der Waals surface area contributed by atoms with E-state index in [-0.39, 0.29) is 22.1 Å². The van der Waals surface area contributed by atoms with Crippen LogP contribution in [-0.4, -0.2) is 35.2 Å². The molecule has 0 saturated heterocycles. The molecule has 0 saturated carbocycles. The summed E-state index contributed by atoms with van der Waals surface area (Å²) < 4.78 is 36.2. The molecule has 2 aromatic rings. The first-order valence-electron chi connectivity index (χ1n) is 7.40. The zero-order valence-corrected chi connectivity index (χ0v) is 15.4. The molecule has 0 aromatic heterocycles. The molecule has 8 heteroatoms. The first kappa shape index (κ1) is 19.2. The highest BCUT2D eigenvalue weighted by molar-refractivity contribution is 7.89. The van der Waals surface area contributed by atoms with Gasteiger partial charge in [0.05, 0.1) is 24.3 Å². The lowest BCUT2D eigenvalue weighted by Gasteiger charge is -2.09. The van der Waals surface area contributed by atoms with E-state index >= 15 is 0 Å². The molecule has 0 bridgehead atoms. The monoisotopic (exact) mass is 383 g/mol. The molecular formula is C17H18ClNO5S. The number of ether oxygens (including phenoxy) is 2. The maximum atomic E-state index is 12.1. The van der Waals surface area contributed by atoms with Gasteiger partial charge < -0.3 is 9.47 Å². The Morgan fingerprint density at radius 2 is 1.84 bits per heavy atom. The van der Waals surface area contributed by atoms with Crippen LogP contribution in [0.5, 0.6) is 5.75 Å². The Morgan fingerprint density at radius 1 is 1.16 bits per heavy atom. The van der Waals surface area contributed by atoms with Crippen molar-refractivity contribution in [3.63, 3.8) is 0 Å². The van der Waals surface area contributed by atoms with Crippen molar-refractivity contribution in [2.45, 2.75) is 11.3 Å². The van der Waals surface area contributed by atoms with Crippen LogP contribution in [0.2, 0.25) is 5.02 Å². The Balaban J connectivity index is 2.02. The Kier molecular flexibility index (Phi) is 6.41. The van der Waals surface area contributed by atoms with Gasteiger partial charge in [-0.25, -0.2) is 17.9 Å². The van der Waals surface area contributed by atoms with Gasteiger partial charge in [-0.1, -0.05) is 23.7 Å². The van der Waals surface area contributed by atoms with Gasteiger partial charge in [-0.2, -0.15) is 0 Å². The van der Waals surface area contributed by atoms with E-state index in [1.165, 1.54) is 25.2 Å². The van der Waals surface area contributed by atoms with Crippen molar-refractivity contribution in [3.8, 4) is 5.75 Å². The number of halogens is 1. The normalized spacial score (nSPS) is 11.2. The van der Waals surface area contributed by atoms with Crippen molar-refractivity contribution in [2.24, 2.45) is 0 Å². The fourth-order valence-electron chi connectivity index (χ4n) is 2.08. The highest BCUT2D eigenvalue weighted by Crippen LogP contribution is 2.23. The summed E-state index contributed by atoms with van der Waals surface area (Å²) in [5.41, 5.74) is 1.11. The zero-order valence-electron chi connectivity index (χ0n) is 13.8. The Labute approximate surface area is 151 Å². The molecule has 0 unspecified atom stereocenters. The fraction of sp³-hybridized carbons (Fsp3) is 0.235. The molecule has 2 aromatic carbocycles. The van der Waals surface area contributed by atoms with Crippen LogP contribution >= 0.6 is 11.6 Å². The number of sulfonamides is 1. The molecule has 0 radical (unpaired) electrons. The van der Waals surface area contributed by atoms with Crippen LogP contribution in [0.1, 0.15) is 15.9 Å². The van der Waals surface area contributed by atoms with E-state index in [1.54, 1.807) is 7.11 Å². The van der Waals surface area contributed by atoms with Crippen molar-refractivity contribution < 1.29 is 22.7 Å². The Hall–Kier alpha value is -2.09. The molecule has 6 nitrogen and oxygen atoms in total. The van der Waals surface area contributed by atoms with Crippen LogP contribution in [0.4, 0.5) is 0 Å². The second-order valence-corrected chi connectivity index (χ2v) is 7.35. The highest BCUT2D eigenvalue weighted by atomic mass is 35.5. The predicted octanol–water partition coefficient (Wildman–Crippen LogP) is 2.66. The molecular weight excluding hydrogens is 366 g/mol. The van der Waals surface area contributed by atoms with E-state index in [0.717, 1.165) is 11.3 Å². The van der Waals surface area contributed by atoms with Crippen molar-refractivity contribution in [1.82, 2.24) is 4.72 Å². The molecule has 25 heavy (non-hydrogen) atoms. The van der Waals surface area contributed by atoms with Crippen LogP contribution in [-0.2, 0) is 21.2 Å². The molecule has 0 amide bonds. The van der Waals surface area contributed by atoms with Crippen molar-refractivity contribution in [3.05, 3.63) is 58.6 Å². The number of carbonyl (C=O) groups is 1. The number of benzene rings is 2. The molecule has 0 aliphatic rings. The molecule has 1 N–H and O–H groups in total. The summed E-state index contributed by atoms with van der Waals surface area (Å²) in [6.45, 7) is 0.169. The van der Waals surface area contributed by atoms with Crippen LogP contribution in [0.15, 0.2) is 47.4 Å². The lowest BCUT2D eigenvalue weighted by molar-refractivity contribution is 0.0509. The molecule has 0 heterocycles. The first-order chi connectivity index (χ1) is 11.9. The van der Waals surface area contributed by atoms with E-state index in [9.17, 15) is 13.2 Å². The number of rotatable bonds is 7. The first-order valence-corrected chi connectivity index (χ1v) is 9.26. The van der Waals surface area contributed by atoms with Gasteiger partial charge in [0, 0.05) is 6.42 Å². The maximum Gasteiger partial charge on any atom is 0.338 e. The average Bonchev–Trinajstić information content (AvgIpc) is 2.62. The smallest absolute Gasteiger partial charge is 0.338 e. The summed E-state index contributed by atoms with van der Waals surface area (Å²) in [5.74, 6) is 0.137. The second-order valence-electron chi connectivity index (χ2n) is 5.09. The third-order valence-corrected chi connectivity index (χ3v) is 5.40. The van der Waals surface area contributed by atoms with Crippen LogP contribution in [0, 0.1) is 0 Å². The third kappa shape index (κ3) is 4.94. The average molecular weight is 384 g/mol. The summed E-state index contributed by atoms with van der Waals surface area (Å²) in [5, 5.41) is 0.0316. The van der Waals surface area contributed by atoms with Crippen molar-refractivity contribution in [1.29, 1.82) is 0 Å². The molecule has 0 fully saturated rings. The number of methoxy groups -OCH3 is 1. The summed E-state index contributed by atoms with van der Waals surface area (Å²) in [7, 11) is -0.899. The van der Waals surface area contributed by atoms with E-state index in [2.05, 4.69) is 4.72 Å². The van der Waals surface area contributed by atoms with Gasteiger partial charge in [0.25, 0.3) is 0 Å². The molecule has 0 aliphatic carbocycles. The summed E-state index contributed by atoms with van der Waals surface area (Å²) >= 11 is 5.89. The SMILES string of the molecule is CNS(=O)(=O)c1cc(C(=O)OCCc2ccc(OC)cc2)ccc1Cl. The lowest BCUT2D eigenvalue weighted by Crippen LogP contribution is -2.19. The Morgan fingerprint density at radius 3 is 2.44 bits per heavy atom. The standard InChI is InChI=1S/C17H18ClNO5S/c1-19-25(21,22)16-11-13(5-8-15(16)18)17(20)24-10-9-12-3-6-14(23-2)7-4-12/h3-8,11,19H,9-10H2,1-2H3. The van der Waals surface area contributed by atoms with Crippen molar-refractivity contribution >= 4 is 27.6 Å². The molecule has 0 aliphatic heterocycles. The Bertz CT molecular complexity index is 850. The van der Waals surface area contributed by atoms with Gasteiger partial charge in [-0.3, -0.25) is 0 Å². The van der Waals surface area contributed by atoms with E-state index in [4.69, 9.17) is 21.1 Å². The molecule has 0 atom stereocenters. The van der Waals surface area contributed by atoms with E-state index < -0.39 is 16.0 Å². The number of esters is 1. The molecule has 134 valence electrons. The topological polar surface area (TPSA) is 81.7 Å². The second kappa shape index (κ2) is 8.33. The van der Waals surface area contributed by atoms with Crippen molar-refractivity contribution in [2.75, 3.05) is 20.8 Å². The number of carbonyl (C=O) groups excluding carboxylic acids is 1. The number of hydrogen-bond donors (Lipinski definition) is 1. The molecule has 0 spiro atoms. The van der Waals surface area contributed by atoms with Gasteiger partial charge in [0.2, 0.25) is 10.0 Å². The number of hydrogen-bond acceptors (Lipinski definition) is 5. The van der Waals surface area contributed by atoms with Gasteiger partial charge in [-0.15, -0.1) is 0 Å². The van der Waals surface area contributed by atoms with Crippen LogP contribution < -0.4 is 9.46 Å². The molecule has 2 rings (SSSR count). The van der Waals surface area contributed by atoms with Gasteiger partial charge in [-0.05, 0) is 42.9 Å². The maximum absolute atomic E-state index is 12.1. The van der Waals surface area contributed by atoms with Crippen LogP contribution in [0.3, 0.4) is 0 Å². The highest BCUT2D eigenvalue weighted by Gasteiger charge is 2.19. The summed E-state index contributed by atoms with van der Waals surface area (Å²) in [4.78, 5) is 11.9. The summed E-state index contributed by atoms with van der Waals surface area (Å²) in [6, 6.07) is 11.4. The van der Waals surface area contributed by atoms with E-state index in [0.29, 0.717) is 6.42 Å².